The zero-order chi connectivity index (χ0) is 24.1. The molecule has 1 N–H and O–H groups in total. The summed E-state index contributed by atoms with van der Waals surface area (Å²) in [6.07, 6.45) is 0.687. The molecule has 0 radical (unpaired) electrons. The predicted molar refractivity (Wildman–Crippen MR) is 125 cm³/mol. The highest BCUT2D eigenvalue weighted by Gasteiger charge is 2.22. The van der Waals surface area contributed by atoms with Gasteiger partial charge in [-0.1, -0.05) is 25.1 Å². The zero-order valence-corrected chi connectivity index (χ0v) is 19.7. The second kappa shape index (κ2) is 10.4. The maximum Gasteiger partial charge on any atom is 0.359 e. The van der Waals surface area contributed by atoms with E-state index in [2.05, 4.69) is 10.4 Å². The van der Waals surface area contributed by atoms with Crippen LogP contribution in [0.4, 0.5) is 5.00 Å². The van der Waals surface area contributed by atoms with Crippen molar-refractivity contribution in [2.75, 3.05) is 18.5 Å². The highest BCUT2D eigenvalue weighted by atomic mass is 32.1. The summed E-state index contributed by atoms with van der Waals surface area (Å²) < 4.78 is 11.4. The number of aromatic nitrogens is 2. The van der Waals surface area contributed by atoms with Gasteiger partial charge in [-0.05, 0) is 39.3 Å². The number of hydrogen-bond acceptors (Lipinski definition) is 8. The number of rotatable bonds is 8. The number of amides is 1. The van der Waals surface area contributed by atoms with Crippen LogP contribution < -0.4 is 10.9 Å². The molecule has 9 nitrogen and oxygen atoms in total. The number of nitrogens with zero attached hydrogens (tertiary/aromatic N) is 2. The van der Waals surface area contributed by atoms with Crippen LogP contribution in [0.25, 0.3) is 10.8 Å². The van der Waals surface area contributed by atoms with Crippen LogP contribution in [-0.4, -0.2) is 40.8 Å². The fraction of sp³-hybridized carbons (Fsp3) is 0.348. The lowest BCUT2D eigenvalue weighted by molar-refractivity contribution is -0.119. The van der Waals surface area contributed by atoms with E-state index in [4.69, 9.17) is 9.47 Å². The minimum absolute atomic E-state index is 0.0525. The summed E-state index contributed by atoms with van der Waals surface area (Å²) >= 11 is 1.26. The average Bonchev–Trinajstić information content (AvgIpc) is 3.20. The van der Waals surface area contributed by atoms with E-state index in [1.807, 2.05) is 6.92 Å². The van der Waals surface area contributed by atoms with E-state index in [9.17, 15) is 19.2 Å². The Balaban J connectivity index is 1.78. The molecule has 33 heavy (non-hydrogen) atoms. The number of esters is 2. The van der Waals surface area contributed by atoms with E-state index in [0.29, 0.717) is 22.2 Å². The van der Waals surface area contributed by atoms with Crippen LogP contribution in [-0.2, 0) is 20.7 Å². The molecule has 0 fully saturated rings. The lowest BCUT2D eigenvalue weighted by atomic mass is 10.1. The van der Waals surface area contributed by atoms with E-state index >= 15 is 0 Å². The summed E-state index contributed by atoms with van der Waals surface area (Å²) in [6, 6.07) is 8.00. The van der Waals surface area contributed by atoms with Crippen LogP contribution in [0, 0.1) is 0 Å². The lowest BCUT2D eigenvalue weighted by Gasteiger charge is -2.13. The number of ether oxygens (including phenoxy) is 2. The van der Waals surface area contributed by atoms with Gasteiger partial charge >= 0.3 is 11.9 Å². The Morgan fingerprint density at radius 1 is 1.09 bits per heavy atom. The molecular weight excluding hydrogens is 446 g/mol. The first-order valence-corrected chi connectivity index (χ1v) is 11.4. The second-order valence-corrected chi connectivity index (χ2v) is 8.53. The summed E-state index contributed by atoms with van der Waals surface area (Å²) in [6.45, 7) is 6.81. The molecular formula is C23H25N3O6S. The fourth-order valence-corrected chi connectivity index (χ4v) is 4.14. The molecule has 174 valence electrons. The third-order valence-electron chi connectivity index (χ3n) is 4.73. The van der Waals surface area contributed by atoms with Gasteiger partial charge in [0.2, 0.25) is 0 Å². The van der Waals surface area contributed by atoms with Crippen molar-refractivity contribution in [2.45, 2.75) is 40.2 Å². The van der Waals surface area contributed by atoms with E-state index in [1.165, 1.54) is 16.0 Å². The van der Waals surface area contributed by atoms with E-state index < -0.39 is 24.5 Å². The molecule has 2 aromatic heterocycles. The van der Waals surface area contributed by atoms with Crippen LogP contribution in [0.3, 0.4) is 0 Å². The Hall–Kier alpha value is -3.53. The number of aryl methyl sites for hydroxylation is 1. The summed E-state index contributed by atoms with van der Waals surface area (Å²) in [7, 11) is 0. The van der Waals surface area contributed by atoms with Gasteiger partial charge in [0.05, 0.1) is 23.6 Å². The van der Waals surface area contributed by atoms with Gasteiger partial charge in [0, 0.05) is 10.3 Å². The molecule has 0 spiro atoms. The molecule has 3 rings (SSSR count). The summed E-state index contributed by atoms with van der Waals surface area (Å²) in [5, 5.41) is 7.81. The Bertz CT molecular complexity index is 1260. The van der Waals surface area contributed by atoms with Crippen molar-refractivity contribution in [2.24, 2.45) is 0 Å². The van der Waals surface area contributed by atoms with Crippen molar-refractivity contribution in [3.8, 4) is 0 Å². The number of hydrogen-bond donors (Lipinski definition) is 1. The van der Waals surface area contributed by atoms with Crippen molar-refractivity contribution in [3.63, 3.8) is 0 Å². The van der Waals surface area contributed by atoms with Gasteiger partial charge in [0.25, 0.3) is 11.5 Å². The lowest BCUT2D eigenvalue weighted by Crippen LogP contribution is -2.29. The third-order valence-corrected chi connectivity index (χ3v) is 5.92. The molecule has 3 aromatic rings. The highest BCUT2D eigenvalue weighted by molar-refractivity contribution is 7.16. The van der Waals surface area contributed by atoms with Crippen LogP contribution in [0.2, 0.25) is 0 Å². The molecule has 0 atom stereocenters. The van der Waals surface area contributed by atoms with Crippen LogP contribution in [0.15, 0.2) is 35.1 Å². The molecule has 10 heteroatoms. The maximum absolute atomic E-state index is 12.8. The monoisotopic (exact) mass is 471 g/mol. The van der Waals surface area contributed by atoms with E-state index in [-0.39, 0.29) is 29.5 Å². The van der Waals surface area contributed by atoms with E-state index in [0.717, 1.165) is 4.88 Å². The predicted octanol–water partition coefficient (Wildman–Crippen LogP) is 3.57. The van der Waals surface area contributed by atoms with Gasteiger partial charge in [-0.2, -0.15) is 5.10 Å². The smallest absolute Gasteiger partial charge is 0.359 e. The molecule has 0 saturated heterocycles. The molecule has 0 aliphatic carbocycles. The van der Waals surface area contributed by atoms with Gasteiger partial charge in [0.15, 0.2) is 12.3 Å². The number of carbonyl (C=O) groups excluding carboxylic acids is 3. The summed E-state index contributed by atoms with van der Waals surface area (Å²) in [4.78, 5) is 50.9. The normalized spacial score (nSPS) is 10.9. The second-order valence-electron chi connectivity index (χ2n) is 7.39. The van der Waals surface area contributed by atoms with Crippen molar-refractivity contribution >= 4 is 45.0 Å². The third kappa shape index (κ3) is 5.28. The molecule has 0 unspecified atom stereocenters. The molecule has 2 heterocycles. The molecule has 0 aliphatic rings. The minimum Gasteiger partial charge on any atom is -0.462 e. The van der Waals surface area contributed by atoms with Crippen molar-refractivity contribution < 1.29 is 23.9 Å². The minimum atomic E-state index is -0.832. The molecule has 1 amide bonds. The zero-order valence-electron chi connectivity index (χ0n) is 18.8. The summed E-state index contributed by atoms with van der Waals surface area (Å²) in [5.41, 5.74) is -0.107. The van der Waals surface area contributed by atoms with Gasteiger partial charge in [0.1, 0.15) is 5.00 Å². The molecule has 1 aromatic carbocycles. The topological polar surface area (TPSA) is 117 Å². The first kappa shape index (κ1) is 24.1. The maximum atomic E-state index is 12.8. The van der Waals surface area contributed by atoms with Crippen LogP contribution >= 0.6 is 11.3 Å². The van der Waals surface area contributed by atoms with Gasteiger partial charge in [-0.3, -0.25) is 9.59 Å². The largest absolute Gasteiger partial charge is 0.462 e. The number of fused-ring (bicyclic) bond motifs is 1. The number of carbonyl (C=O) groups is 3. The van der Waals surface area contributed by atoms with Crippen molar-refractivity contribution in [1.82, 2.24) is 9.78 Å². The van der Waals surface area contributed by atoms with E-state index in [1.54, 1.807) is 51.1 Å². The fourth-order valence-electron chi connectivity index (χ4n) is 3.14. The van der Waals surface area contributed by atoms with Gasteiger partial charge in [-0.15, -0.1) is 11.3 Å². The van der Waals surface area contributed by atoms with Crippen LogP contribution in [0.1, 0.15) is 59.5 Å². The Morgan fingerprint density at radius 2 is 1.79 bits per heavy atom. The highest BCUT2D eigenvalue weighted by Crippen LogP contribution is 2.29. The SMILES string of the molecule is CCOC(=O)c1cc(CC)sc1NC(=O)COC(=O)c1nn(C(C)C)c(=O)c2ccccc12. The number of nitrogens with one attached hydrogen (secondary N) is 1. The van der Waals surface area contributed by atoms with Crippen molar-refractivity contribution in [3.05, 3.63) is 56.8 Å². The average molecular weight is 472 g/mol. The quantitative estimate of drug-likeness (QED) is 0.499. The Labute approximate surface area is 194 Å². The number of thiophene rings is 1. The Kier molecular flexibility index (Phi) is 7.59. The van der Waals surface area contributed by atoms with Crippen LogP contribution in [0.5, 0.6) is 0 Å². The van der Waals surface area contributed by atoms with Crippen molar-refractivity contribution in [1.29, 1.82) is 0 Å². The first-order valence-electron chi connectivity index (χ1n) is 10.5. The summed E-state index contributed by atoms with van der Waals surface area (Å²) in [5.74, 6) is -1.98. The Morgan fingerprint density at radius 3 is 2.42 bits per heavy atom. The molecule has 0 aliphatic heterocycles. The number of anilines is 1. The first-order chi connectivity index (χ1) is 15.8. The van der Waals surface area contributed by atoms with Gasteiger partial charge in [-0.25, -0.2) is 14.3 Å². The standard InChI is InChI=1S/C23H25N3O6S/c1-5-14-11-17(22(29)31-6-2)20(33-14)24-18(27)12-32-23(30)19-15-9-7-8-10-16(15)21(28)26(25-19)13(3)4/h7-11,13H,5-6,12H2,1-4H3,(H,24,27). The molecule has 0 saturated carbocycles. The van der Waals surface area contributed by atoms with Gasteiger partial charge < -0.3 is 14.8 Å². The molecule has 0 bridgehead atoms. The number of benzene rings is 1.